The fraction of sp³-hybridized carbons (Fsp3) is 0.0625. The minimum atomic E-state index is -0.420. The van der Waals surface area contributed by atoms with E-state index in [2.05, 4.69) is 15.3 Å². The molecule has 0 saturated heterocycles. The summed E-state index contributed by atoms with van der Waals surface area (Å²) in [6, 6.07) is 7.07. The second-order valence-electron chi connectivity index (χ2n) is 4.96. The molecular weight excluding hydrogens is 316 g/mol. The Labute approximate surface area is 135 Å². The van der Waals surface area contributed by atoms with Crippen LogP contribution < -0.4 is 11.0 Å². The van der Waals surface area contributed by atoms with E-state index in [-0.39, 0.29) is 0 Å². The first-order valence-electron chi connectivity index (χ1n) is 6.91. The van der Waals surface area contributed by atoms with Crippen molar-refractivity contribution in [3.05, 3.63) is 58.4 Å². The molecule has 1 aromatic carbocycles. The van der Waals surface area contributed by atoms with Crippen LogP contribution in [0.1, 0.15) is 0 Å². The number of nitrogens with zero attached hydrogens (tertiary/aromatic N) is 3. The molecular formula is C16H11ClN4O2. The van der Waals surface area contributed by atoms with Crippen LogP contribution in [0.5, 0.6) is 0 Å². The molecule has 114 valence electrons. The van der Waals surface area contributed by atoms with Crippen LogP contribution in [-0.4, -0.2) is 21.6 Å². The molecule has 4 rings (SSSR count). The lowest BCUT2D eigenvalue weighted by Crippen LogP contribution is -2.23. The number of fused-ring (bicyclic) bond motifs is 3. The SMILES string of the molecule is CNc1nc(=O)n(-c2cccnc2)c2cc(Cl)c3ccoc3c12. The molecule has 0 amide bonds. The number of halogens is 1. The first kappa shape index (κ1) is 13.8. The van der Waals surface area contributed by atoms with Crippen LogP contribution in [0.25, 0.3) is 27.6 Å². The Balaban J connectivity index is 2.26. The molecule has 0 saturated carbocycles. The van der Waals surface area contributed by atoms with Gasteiger partial charge in [0.2, 0.25) is 0 Å². The van der Waals surface area contributed by atoms with Gasteiger partial charge in [-0.25, -0.2) is 4.79 Å². The summed E-state index contributed by atoms with van der Waals surface area (Å²) >= 11 is 6.35. The van der Waals surface area contributed by atoms with Crippen molar-refractivity contribution in [2.75, 3.05) is 12.4 Å². The van der Waals surface area contributed by atoms with E-state index in [0.29, 0.717) is 33.0 Å². The molecule has 0 aliphatic rings. The van der Waals surface area contributed by atoms with Gasteiger partial charge in [-0.2, -0.15) is 4.98 Å². The van der Waals surface area contributed by atoms with Crippen molar-refractivity contribution in [1.82, 2.24) is 14.5 Å². The van der Waals surface area contributed by atoms with Crippen LogP contribution in [0.4, 0.5) is 5.82 Å². The second-order valence-corrected chi connectivity index (χ2v) is 5.36. The third kappa shape index (κ3) is 1.99. The Bertz CT molecular complexity index is 1090. The zero-order valence-corrected chi connectivity index (χ0v) is 12.8. The summed E-state index contributed by atoms with van der Waals surface area (Å²) in [6.45, 7) is 0. The zero-order chi connectivity index (χ0) is 16.0. The topological polar surface area (TPSA) is 73.0 Å². The van der Waals surface area contributed by atoms with Crippen LogP contribution in [0.2, 0.25) is 5.02 Å². The third-order valence-corrected chi connectivity index (χ3v) is 4.00. The maximum Gasteiger partial charge on any atom is 0.354 e. The smallest absolute Gasteiger partial charge is 0.354 e. The molecule has 7 heteroatoms. The first-order valence-corrected chi connectivity index (χ1v) is 7.29. The van der Waals surface area contributed by atoms with Gasteiger partial charge >= 0.3 is 5.69 Å². The Morgan fingerprint density at radius 3 is 2.96 bits per heavy atom. The first-order chi connectivity index (χ1) is 11.2. The summed E-state index contributed by atoms with van der Waals surface area (Å²) < 4.78 is 7.06. The highest BCUT2D eigenvalue weighted by molar-refractivity contribution is 6.37. The van der Waals surface area contributed by atoms with E-state index < -0.39 is 5.69 Å². The molecule has 0 bridgehead atoms. The molecule has 0 aliphatic heterocycles. The van der Waals surface area contributed by atoms with Crippen molar-refractivity contribution in [1.29, 1.82) is 0 Å². The van der Waals surface area contributed by atoms with Gasteiger partial charge in [-0.15, -0.1) is 0 Å². The maximum atomic E-state index is 12.5. The standard InChI is InChI=1S/C16H11ClN4O2/c1-18-15-13-12(7-11(17)10-4-6-23-14(10)13)21(16(22)20-15)9-3-2-5-19-8-9/h2-8H,1H3,(H,18,20,22). The molecule has 0 aliphatic carbocycles. The number of pyridine rings is 1. The summed E-state index contributed by atoms with van der Waals surface area (Å²) in [5.74, 6) is 0.446. The van der Waals surface area contributed by atoms with Crippen molar-refractivity contribution < 1.29 is 4.42 Å². The normalized spacial score (nSPS) is 11.2. The highest BCUT2D eigenvalue weighted by Gasteiger charge is 2.18. The van der Waals surface area contributed by atoms with Crippen LogP contribution in [0.15, 0.2) is 52.1 Å². The quantitative estimate of drug-likeness (QED) is 0.612. The van der Waals surface area contributed by atoms with Crippen LogP contribution in [0, 0.1) is 0 Å². The molecule has 3 aromatic heterocycles. The minimum absolute atomic E-state index is 0.420. The van der Waals surface area contributed by atoms with Gasteiger partial charge in [0.1, 0.15) is 11.4 Å². The molecule has 1 N–H and O–H groups in total. The fourth-order valence-electron chi connectivity index (χ4n) is 2.70. The zero-order valence-electron chi connectivity index (χ0n) is 12.1. The number of nitrogens with one attached hydrogen (secondary N) is 1. The highest BCUT2D eigenvalue weighted by Crippen LogP contribution is 2.35. The van der Waals surface area contributed by atoms with Crippen molar-refractivity contribution in [3.8, 4) is 5.69 Å². The van der Waals surface area contributed by atoms with Gasteiger partial charge in [0.05, 0.1) is 34.1 Å². The lowest BCUT2D eigenvalue weighted by molar-refractivity contribution is 0.619. The Morgan fingerprint density at radius 1 is 1.35 bits per heavy atom. The summed E-state index contributed by atoms with van der Waals surface area (Å²) in [7, 11) is 1.71. The van der Waals surface area contributed by atoms with Crippen LogP contribution >= 0.6 is 11.6 Å². The average molecular weight is 327 g/mol. The summed E-state index contributed by atoms with van der Waals surface area (Å²) in [4.78, 5) is 20.7. The number of hydrogen-bond acceptors (Lipinski definition) is 5. The predicted octanol–water partition coefficient (Wildman–Crippen LogP) is 3.22. The largest absolute Gasteiger partial charge is 0.463 e. The number of benzene rings is 1. The lowest BCUT2D eigenvalue weighted by Gasteiger charge is -2.13. The molecule has 3 heterocycles. The van der Waals surface area contributed by atoms with Crippen molar-refractivity contribution in [2.24, 2.45) is 0 Å². The number of rotatable bonds is 2. The molecule has 0 fully saturated rings. The minimum Gasteiger partial charge on any atom is -0.463 e. The van der Waals surface area contributed by atoms with Crippen molar-refractivity contribution in [3.63, 3.8) is 0 Å². The highest BCUT2D eigenvalue weighted by atomic mass is 35.5. The molecule has 0 atom stereocenters. The Hall–Kier alpha value is -2.86. The number of hydrogen-bond donors (Lipinski definition) is 1. The summed E-state index contributed by atoms with van der Waals surface area (Å²) in [5, 5.41) is 4.92. The van der Waals surface area contributed by atoms with Crippen LogP contribution in [-0.2, 0) is 0 Å². The number of aromatic nitrogens is 3. The van der Waals surface area contributed by atoms with Crippen LogP contribution in [0.3, 0.4) is 0 Å². The molecule has 0 spiro atoms. The fourth-order valence-corrected chi connectivity index (χ4v) is 2.96. The van der Waals surface area contributed by atoms with E-state index >= 15 is 0 Å². The Morgan fingerprint density at radius 2 is 2.22 bits per heavy atom. The van der Waals surface area contributed by atoms with Crippen molar-refractivity contribution >= 4 is 39.3 Å². The Kier molecular flexibility index (Phi) is 3.06. The molecule has 0 radical (unpaired) electrons. The van der Waals surface area contributed by atoms with Gasteiger partial charge in [-0.05, 0) is 24.3 Å². The van der Waals surface area contributed by atoms with Gasteiger partial charge < -0.3 is 9.73 Å². The van der Waals surface area contributed by atoms with Gasteiger partial charge in [0.15, 0.2) is 0 Å². The molecule has 0 unspecified atom stereocenters. The maximum absolute atomic E-state index is 12.5. The monoisotopic (exact) mass is 326 g/mol. The van der Waals surface area contributed by atoms with E-state index in [0.717, 1.165) is 5.39 Å². The van der Waals surface area contributed by atoms with E-state index in [1.165, 1.54) is 4.57 Å². The average Bonchev–Trinajstić information content (AvgIpc) is 3.05. The number of furan rings is 1. The predicted molar refractivity (Wildman–Crippen MR) is 89.5 cm³/mol. The molecule has 23 heavy (non-hydrogen) atoms. The summed E-state index contributed by atoms with van der Waals surface area (Å²) in [5.41, 5.74) is 1.38. The molecule has 6 nitrogen and oxygen atoms in total. The summed E-state index contributed by atoms with van der Waals surface area (Å²) in [6.07, 6.45) is 4.81. The third-order valence-electron chi connectivity index (χ3n) is 3.69. The lowest BCUT2D eigenvalue weighted by atomic mass is 10.1. The van der Waals surface area contributed by atoms with Gasteiger partial charge in [0, 0.05) is 18.6 Å². The van der Waals surface area contributed by atoms with Gasteiger partial charge in [-0.3, -0.25) is 9.55 Å². The van der Waals surface area contributed by atoms with Crippen molar-refractivity contribution in [2.45, 2.75) is 0 Å². The van der Waals surface area contributed by atoms with E-state index in [1.54, 1.807) is 50.0 Å². The van der Waals surface area contributed by atoms with E-state index in [4.69, 9.17) is 16.0 Å². The molecule has 4 aromatic rings. The van der Waals surface area contributed by atoms with E-state index in [1.807, 2.05) is 0 Å². The van der Waals surface area contributed by atoms with Gasteiger partial charge in [0.25, 0.3) is 0 Å². The van der Waals surface area contributed by atoms with E-state index in [9.17, 15) is 4.79 Å². The number of anilines is 1. The second kappa shape index (κ2) is 5.10. The van der Waals surface area contributed by atoms with Gasteiger partial charge in [-0.1, -0.05) is 11.6 Å².